The first-order valence-electron chi connectivity index (χ1n) is 4.83. The van der Waals surface area contributed by atoms with E-state index in [2.05, 4.69) is 15.9 Å². The number of hydrogen-bond donors (Lipinski definition) is 1. The molecule has 1 rings (SSSR count). The van der Waals surface area contributed by atoms with Crippen molar-refractivity contribution in [3.05, 3.63) is 28.7 Å². The van der Waals surface area contributed by atoms with Crippen molar-refractivity contribution in [2.75, 3.05) is 19.3 Å². The van der Waals surface area contributed by atoms with Gasteiger partial charge in [0.15, 0.2) is 0 Å². The van der Waals surface area contributed by atoms with E-state index in [1.807, 2.05) is 24.3 Å². The lowest BCUT2D eigenvalue weighted by molar-refractivity contribution is -0.142. The predicted molar refractivity (Wildman–Crippen MR) is 70.1 cm³/mol. The fraction of sp³-hybridized carbons (Fsp3) is 0.273. The van der Waals surface area contributed by atoms with E-state index in [9.17, 15) is 9.59 Å². The fourth-order valence-electron chi connectivity index (χ4n) is 1.10. The number of rotatable bonds is 5. The maximum atomic E-state index is 11.6. The number of nitrogens with zero attached hydrogens (tertiary/aromatic N) is 1. The molecule has 4 nitrogen and oxygen atoms in total. The second-order valence-electron chi connectivity index (χ2n) is 3.39. The molecule has 1 N–H and O–H groups in total. The largest absolute Gasteiger partial charge is 0.480 e. The summed E-state index contributed by atoms with van der Waals surface area (Å²) in [5, 5.41) is 8.55. The second-order valence-corrected chi connectivity index (χ2v) is 5.35. The van der Waals surface area contributed by atoms with Gasteiger partial charge >= 0.3 is 5.97 Å². The van der Waals surface area contributed by atoms with Gasteiger partial charge in [0.2, 0.25) is 5.91 Å². The van der Waals surface area contributed by atoms with E-state index < -0.39 is 5.97 Å². The lowest BCUT2D eigenvalue weighted by Gasteiger charge is -2.13. The van der Waals surface area contributed by atoms with Crippen LogP contribution in [0.15, 0.2) is 33.6 Å². The highest BCUT2D eigenvalue weighted by Gasteiger charge is 2.12. The Morgan fingerprint density at radius 2 is 2.18 bits per heavy atom. The molecule has 92 valence electrons. The number of benzene rings is 1. The third-order valence-corrected chi connectivity index (χ3v) is 3.43. The third-order valence-electron chi connectivity index (χ3n) is 1.96. The molecule has 0 fully saturated rings. The van der Waals surface area contributed by atoms with Gasteiger partial charge in [-0.15, -0.1) is 11.8 Å². The molecule has 0 saturated heterocycles. The van der Waals surface area contributed by atoms with Crippen LogP contribution in [0.25, 0.3) is 0 Å². The highest BCUT2D eigenvalue weighted by atomic mass is 79.9. The predicted octanol–water partition coefficient (Wildman–Crippen LogP) is 2.08. The normalized spacial score (nSPS) is 10.0. The van der Waals surface area contributed by atoms with Gasteiger partial charge in [0.05, 0.1) is 5.75 Å². The van der Waals surface area contributed by atoms with Gasteiger partial charge in [-0.3, -0.25) is 9.59 Å². The average molecular weight is 318 g/mol. The van der Waals surface area contributed by atoms with Crippen molar-refractivity contribution in [3.8, 4) is 0 Å². The minimum Gasteiger partial charge on any atom is -0.480 e. The number of carboxylic acid groups (broad SMARTS) is 1. The van der Waals surface area contributed by atoms with Crippen LogP contribution < -0.4 is 0 Å². The van der Waals surface area contributed by atoms with E-state index in [-0.39, 0.29) is 18.2 Å². The second kappa shape index (κ2) is 6.66. The summed E-state index contributed by atoms with van der Waals surface area (Å²) in [6, 6.07) is 7.61. The smallest absolute Gasteiger partial charge is 0.323 e. The molecule has 0 bridgehead atoms. The van der Waals surface area contributed by atoms with E-state index in [0.29, 0.717) is 0 Å². The van der Waals surface area contributed by atoms with E-state index in [4.69, 9.17) is 5.11 Å². The SMILES string of the molecule is CN(CC(=O)O)C(=O)CSc1cccc(Br)c1. The maximum Gasteiger partial charge on any atom is 0.323 e. The Kier molecular flexibility index (Phi) is 5.50. The Balaban J connectivity index is 2.45. The molecule has 0 aliphatic carbocycles. The van der Waals surface area contributed by atoms with E-state index in [0.717, 1.165) is 9.37 Å². The van der Waals surface area contributed by atoms with E-state index in [1.165, 1.54) is 23.7 Å². The van der Waals surface area contributed by atoms with Crippen LogP contribution in [0.4, 0.5) is 0 Å². The number of halogens is 1. The number of carbonyl (C=O) groups excluding carboxylic acids is 1. The van der Waals surface area contributed by atoms with Gasteiger partial charge in [-0.2, -0.15) is 0 Å². The van der Waals surface area contributed by atoms with E-state index >= 15 is 0 Å². The van der Waals surface area contributed by atoms with Crippen molar-refractivity contribution in [1.29, 1.82) is 0 Å². The molecule has 1 aromatic carbocycles. The van der Waals surface area contributed by atoms with Crippen LogP contribution in [0.5, 0.6) is 0 Å². The van der Waals surface area contributed by atoms with Crippen molar-refractivity contribution in [3.63, 3.8) is 0 Å². The van der Waals surface area contributed by atoms with Crippen molar-refractivity contribution < 1.29 is 14.7 Å². The van der Waals surface area contributed by atoms with Gasteiger partial charge in [-0.05, 0) is 18.2 Å². The van der Waals surface area contributed by atoms with Crippen molar-refractivity contribution >= 4 is 39.6 Å². The lowest BCUT2D eigenvalue weighted by Crippen LogP contribution is -2.33. The summed E-state index contributed by atoms with van der Waals surface area (Å²) in [7, 11) is 1.48. The fourth-order valence-corrected chi connectivity index (χ4v) is 2.55. The molecule has 0 aromatic heterocycles. The molecule has 0 spiro atoms. The number of likely N-dealkylation sites (N-methyl/N-ethyl adjacent to an activating group) is 1. The molecule has 6 heteroatoms. The van der Waals surface area contributed by atoms with Crippen LogP contribution in [0.2, 0.25) is 0 Å². The van der Waals surface area contributed by atoms with Crippen LogP contribution in [-0.2, 0) is 9.59 Å². The average Bonchev–Trinajstić information content (AvgIpc) is 2.25. The zero-order valence-corrected chi connectivity index (χ0v) is 11.6. The molecule has 0 aliphatic rings. The Hall–Kier alpha value is -1.01. The molecule has 0 saturated carbocycles. The molecule has 0 radical (unpaired) electrons. The van der Waals surface area contributed by atoms with Crippen LogP contribution in [0.1, 0.15) is 0 Å². The minimum atomic E-state index is -1.01. The van der Waals surface area contributed by atoms with Crippen LogP contribution in [0.3, 0.4) is 0 Å². The molecule has 1 aromatic rings. The van der Waals surface area contributed by atoms with Gasteiger partial charge in [0, 0.05) is 16.4 Å². The van der Waals surface area contributed by atoms with Gasteiger partial charge in [0.25, 0.3) is 0 Å². The quantitative estimate of drug-likeness (QED) is 0.845. The molecule has 0 heterocycles. The Labute approximate surface area is 112 Å². The molecular weight excluding hydrogens is 306 g/mol. The lowest BCUT2D eigenvalue weighted by atomic mass is 10.4. The summed E-state index contributed by atoms with van der Waals surface area (Å²) < 4.78 is 0.953. The monoisotopic (exact) mass is 317 g/mol. The topological polar surface area (TPSA) is 57.6 Å². The summed E-state index contributed by atoms with van der Waals surface area (Å²) in [5.74, 6) is -0.967. The highest BCUT2D eigenvalue weighted by Crippen LogP contribution is 2.21. The first kappa shape index (κ1) is 14.1. The molecule has 1 amide bonds. The summed E-state index contributed by atoms with van der Waals surface area (Å²) in [5.41, 5.74) is 0. The van der Waals surface area contributed by atoms with Gasteiger partial charge in [0.1, 0.15) is 6.54 Å². The molecule has 17 heavy (non-hydrogen) atoms. The van der Waals surface area contributed by atoms with Crippen LogP contribution >= 0.6 is 27.7 Å². The van der Waals surface area contributed by atoms with Gasteiger partial charge in [-0.1, -0.05) is 22.0 Å². The summed E-state index contributed by atoms with van der Waals surface area (Å²) in [4.78, 5) is 24.2. The highest BCUT2D eigenvalue weighted by molar-refractivity contribution is 9.10. The first-order chi connectivity index (χ1) is 7.99. The molecular formula is C11H12BrNO3S. The molecule has 0 aliphatic heterocycles. The van der Waals surface area contributed by atoms with Crippen molar-refractivity contribution in [2.45, 2.75) is 4.90 Å². The summed E-state index contributed by atoms with van der Waals surface area (Å²) in [6.45, 7) is -0.266. The molecule has 0 unspecified atom stereocenters. The van der Waals surface area contributed by atoms with Crippen LogP contribution in [0, 0.1) is 0 Å². The van der Waals surface area contributed by atoms with Gasteiger partial charge in [-0.25, -0.2) is 0 Å². The maximum absolute atomic E-state index is 11.6. The van der Waals surface area contributed by atoms with Crippen molar-refractivity contribution in [1.82, 2.24) is 4.90 Å². The van der Waals surface area contributed by atoms with Gasteiger partial charge < -0.3 is 10.0 Å². The molecule has 0 atom stereocenters. The number of carbonyl (C=O) groups is 2. The van der Waals surface area contributed by atoms with Crippen LogP contribution in [-0.4, -0.2) is 41.2 Å². The number of thioether (sulfide) groups is 1. The number of amides is 1. The standard InChI is InChI=1S/C11H12BrNO3S/c1-13(6-11(15)16)10(14)7-17-9-4-2-3-8(12)5-9/h2-5H,6-7H2,1H3,(H,15,16). The number of aliphatic carboxylic acids is 1. The summed E-state index contributed by atoms with van der Waals surface area (Å²) in [6.07, 6.45) is 0. The zero-order chi connectivity index (χ0) is 12.8. The summed E-state index contributed by atoms with van der Waals surface area (Å²) >= 11 is 4.73. The number of carboxylic acids is 1. The minimum absolute atomic E-state index is 0.197. The Bertz CT molecular complexity index is 425. The van der Waals surface area contributed by atoms with Crippen molar-refractivity contribution in [2.24, 2.45) is 0 Å². The number of hydrogen-bond acceptors (Lipinski definition) is 3. The van der Waals surface area contributed by atoms with E-state index in [1.54, 1.807) is 0 Å². The Morgan fingerprint density at radius 1 is 1.47 bits per heavy atom. The Morgan fingerprint density at radius 3 is 2.76 bits per heavy atom. The third kappa shape index (κ3) is 5.23. The first-order valence-corrected chi connectivity index (χ1v) is 6.61. The zero-order valence-electron chi connectivity index (χ0n) is 9.22.